The van der Waals surface area contributed by atoms with Gasteiger partial charge in [0.2, 0.25) is 0 Å². The number of hydrogen-bond donors (Lipinski definition) is 4. The van der Waals surface area contributed by atoms with E-state index in [-0.39, 0.29) is 42.4 Å². The van der Waals surface area contributed by atoms with Gasteiger partial charge in [-0.15, -0.1) is 0 Å². The second kappa shape index (κ2) is 29.3. The number of ether oxygens (including phenoxy) is 3. The maximum Gasteiger partial charge on any atom is 0.306 e. The van der Waals surface area contributed by atoms with Crippen molar-refractivity contribution in [3.63, 3.8) is 0 Å². The average Bonchev–Trinajstić information content (AvgIpc) is 3.83. The zero-order valence-corrected chi connectivity index (χ0v) is 48.0. The van der Waals surface area contributed by atoms with Crippen LogP contribution in [0.3, 0.4) is 0 Å². The number of carbonyl (C=O) groups excluding carboxylic acids is 1. The van der Waals surface area contributed by atoms with E-state index >= 15 is 0 Å². The Balaban J connectivity index is 0.000000325. The normalized spacial score (nSPS) is 16.0. The molecule has 1 aliphatic heterocycles. The number of hydrogen-bond acceptors (Lipinski definition) is 8. The predicted octanol–water partition coefficient (Wildman–Crippen LogP) is 15.2. The first-order valence-electron chi connectivity index (χ1n) is 28.4. The van der Waals surface area contributed by atoms with Gasteiger partial charge in [-0.05, 0) is 160 Å². The third-order valence-electron chi connectivity index (χ3n) is 16.3. The van der Waals surface area contributed by atoms with Crippen molar-refractivity contribution in [2.75, 3.05) is 13.2 Å². The van der Waals surface area contributed by atoms with E-state index in [1.54, 1.807) is 0 Å². The molecular weight excluding hydrogens is 937 g/mol. The number of rotatable bonds is 29. The van der Waals surface area contributed by atoms with Crippen LogP contribution in [-0.2, 0) is 25.2 Å². The van der Waals surface area contributed by atoms with E-state index in [2.05, 4.69) is 148 Å². The number of cyclic esters (lactones) is 1. The van der Waals surface area contributed by atoms with Crippen LogP contribution in [0.15, 0.2) is 84.9 Å². The van der Waals surface area contributed by atoms with Crippen molar-refractivity contribution >= 4 is 24.1 Å². The van der Waals surface area contributed by atoms with Crippen LogP contribution in [0, 0.1) is 27.7 Å². The van der Waals surface area contributed by atoms with Gasteiger partial charge in [-0.25, -0.2) is 0 Å². The number of carboxylic acids is 1. The molecule has 4 aromatic rings. The quantitative estimate of drug-likeness (QED) is 0.0391. The number of carbonyl (C=O) groups is 2. The lowest BCUT2D eigenvalue weighted by Gasteiger charge is -2.34. The van der Waals surface area contributed by atoms with Crippen molar-refractivity contribution in [2.45, 2.75) is 220 Å². The van der Waals surface area contributed by atoms with Gasteiger partial charge in [0.25, 0.3) is 0 Å². The fourth-order valence-electron chi connectivity index (χ4n) is 10.7. The van der Waals surface area contributed by atoms with Gasteiger partial charge in [0.15, 0.2) is 0 Å². The Labute approximate surface area is 451 Å². The molecule has 1 fully saturated rings. The van der Waals surface area contributed by atoms with Crippen LogP contribution < -0.4 is 9.47 Å². The van der Waals surface area contributed by atoms with Gasteiger partial charge in [-0.2, -0.15) is 0 Å². The minimum Gasteiger partial charge on any atom is -0.491 e. The molecule has 2 unspecified atom stereocenters. The summed E-state index contributed by atoms with van der Waals surface area (Å²) < 4.78 is 17.1. The Hall–Kier alpha value is -5.22. The maximum atomic E-state index is 11.4. The molecule has 4 N–H and O–H groups in total. The second-order valence-electron chi connectivity index (χ2n) is 21.3. The molecule has 5 rings (SSSR count). The van der Waals surface area contributed by atoms with Gasteiger partial charge in [0.1, 0.15) is 30.8 Å². The van der Waals surface area contributed by atoms with Crippen LogP contribution in [-0.4, -0.2) is 69.0 Å². The SMILES string of the molecule is CCCCC(O)(/C=C/c1ccc(C(CC)(CC)c2ccc(OC[C@@H](O)CCC(=O)O)c(C)c2)cc1C)CC.CCCCC(O)(/C=C/c1ccc(C(CC)(CC)c2ccc(OC[C@@H]3CCC(=O)O3)c(C)c2)cc1C)CC. The van der Waals surface area contributed by atoms with E-state index in [1.807, 2.05) is 32.1 Å². The van der Waals surface area contributed by atoms with E-state index < -0.39 is 23.3 Å². The Bertz CT molecular complexity index is 2490. The molecule has 0 saturated carbocycles. The summed E-state index contributed by atoms with van der Waals surface area (Å²) in [5, 5.41) is 40.7. The van der Waals surface area contributed by atoms with Crippen LogP contribution in [0.4, 0.5) is 0 Å². The fraction of sp³-hybridized carbons (Fsp3) is 0.545. The third kappa shape index (κ3) is 16.9. The standard InChI is InChI=1S/C33H48O5.C33H46O4/c1-7-11-19-32(37,8-2)20-18-26-12-13-27(21-24(26)5)33(9-3,10-4)28-14-16-30(25(6)22-28)38-23-29(34)15-17-31(35)36;1-7-11-19-32(35,8-2)20-18-26-12-13-27(21-24(26)5)33(9-3,10-4)28-14-16-30(25(6)22-28)36-23-29-15-17-31(34)37-29/h12-14,16,18,20-22,29,34,37H,7-11,15,17,19,23H2,1-6H3,(H,35,36);12-14,16,18,20-22,29,35H,7-11,15,17,19,23H2,1-6H3/b2*20-18+/t2*29-,32?/m00/s1. The van der Waals surface area contributed by atoms with Crippen LogP contribution in [0.2, 0.25) is 0 Å². The summed E-state index contributed by atoms with van der Waals surface area (Å²) in [5.41, 5.74) is 10.1. The van der Waals surface area contributed by atoms with Crippen LogP contribution >= 0.6 is 0 Å². The van der Waals surface area contributed by atoms with Crippen molar-refractivity contribution in [2.24, 2.45) is 0 Å². The molecule has 4 aromatic carbocycles. The van der Waals surface area contributed by atoms with Gasteiger partial charge in [-0.3, -0.25) is 9.59 Å². The summed E-state index contributed by atoms with van der Waals surface area (Å²) in [6.07, 6.45) is 19.5. The molecule has 1 saturated heterocycles. The van der Waals surface area contributed by atoms with Crippen LogP contribution in [0.25, 0.3) is 12.2 Å². The molecule has 0 aliphatic carbocycles. The first-order chi connectivity index (χ1) is 35.7. The van der Waals surface area contributed by atoms with Crippen molar-refractivity contribution in [3.05, 3.63) is 141 Å². The highest BCUT2D eigenvalue weighted by molar-refractivity contribution is 5.71. The molecule has 0 bridgehead atoms. The first-order valence-corrected chi connectivity index (χ1v) is 28.4. The van der Waals surface area contributed by atoms with E-state index in [9.17, 15) is 24.9 Å². The van der Waals surface area contributed by atoms with Gasteiger partial charge < -0.3 is 34.6 Å². The number of carboxylic acid groups (broad SMARTS) is 1. The lowest BCUT2D eigenvalue weighted by molar-refractivity contribution is -0.142. The monoisotopic (exact) mass is 1030 g/mol. The van der Waals surface area contributed by atoms with Gasteiger partial charge >= 0.3 is 11.9 Å². The molecule has 0 amide bonds. The summed E-state index contributed by atoms with van der Waals surface area (Å²) >= 11 is 0. The second-order valence-corrected chi connectivity index (χ2v) is 21.3. The molecule has 4 atom stereocenters. The Morgan fingerprint density at radius 2 is 1.04 bits per heavy atom. The summed E-state index contributed by atoms with van der Waals surface area (Å²) in [5.74, 6) is 0.489. The molecular formula is C66H94O9. The molecule has 9 nitrogen and oxygen atoms in total. The van der Waals surface area contributed by atoms with E-state index in [1.165, 1.54) is 33.4 Å². The van der Waals surface area contributed by atoms with E-state index in [4.69, 9.17) is 19.3 Å². The van der Waals surface area contributed by atoms with Crippen molar-refractivity contribution < 1.29 is 44.2 Å². The number of benzene rings is 4. The third-order valence-corrected chi connectivity index (χ3v) is 16.3. The Morgan fingerprint density at radius 3 is 1.39 bits per heavy atom. The maximum absolute atomic E-state index is 11.4. The largest absolute Gasteiger partial charge is 0.491 e. The highest BCUT2D eigenvalue weighted by Crippen LogP contribution is 2.43. The number of aliphatic hydroxyl groups is 3. The highest BCUT2D eigenvalue weighted by Gasteiger charge is 2.33. The minimum atomic E-state index is -0.922. The van der Waals surface area contributed by atoms with E-state index in [0.717, 1.165) is 105 Å². The smallest absolute Gasteiger partial charge is 0.306 e. The molecule has 0 aromatic heterocycles. The molecule has 0 radical (unpaired) electrons. The number of aryl methyl sites for hydroxylation is 4. The molecule has 1 aliphatic rings. The summed E-state index contributed by atoms with van der Waals surface area (Å²) in [6, 6.07) is 26.2. The van der Waals surface area contributed by atoms with Crippen LogP contribution in [0.5, 0.6) is 11.5 Å². The molecule has 1 heterocycles. The van der Waals surface area contributed by atoms with Crippen molar-refractivity contribution in [3.8, 4) is 11.5 Å². The van der Waals surface area contributed by atoms with Crippen LogP contribution in [0.1, 0.15) is 214 Å². The average molecular weight is 1030 g/mol. The zero-order chi connectivity index (χ0) is 55.4. The zero-order valence-electron chi connectivity index (χ0n) is 48.0. The summed E-state index contributed by atoms with van der Waals surface area (Å²) in [7, 11) is 0. The topological polar surface area (TPSA) is 143 Å². The molecule has 75 heavy (non-hydrogen) atoms. The fourth-order valence-corrected chi connectivity index (χ4v) is 10.7. The highest BCUT2D eigenvalue weighted by atomic mass is 16.6. The molecule has 412 valence electrons. The Kier molecular flexibility index (Phi) is 24.4. The number of aliphatic carboxylic acids is 1. The van der Waals surface area contributed by atoms with Gasteiger partial charge in [0, 0.05) is 23.7 Å². The number of aliphatic hydroxyl groups excluding tert-OH is 1. The van der Waals surface area contributed by atoms with E-state index in [0.29, 0.717) is 25.2 Å². The number of esters is 1. The lowest BCUT2D eigenvalue weighted by Crippen LogP contribution is -2.26. The lowest BCUT2D eigenvalue weighted by atomic mass is 9.70. The summed E-state index contributed by atoms with van der Waals surface area (Å²) in [6.45, 7) is 26.2. The van der Waals surface area contributed by atoms with Gasteiger partial charge in [-0.1, -0.05) is 166 Å². The van der Waals surface area contributed by atoms with Gasteiger partial charge in [0.05, 0.1) is 17.3 Å². The minimum absolute atomic E-state index is 0.0694. The van der Waals surface area contributed by atoms with Crippen molar-refractivity contribution in [1.29, 1.82) is 0 Å². The molecule has 0 spiro atoms. The summed E-state index contributed by atoms with van der Waals surface area (Å²) in [4.78, 5) is 22.1. The Morgan fingerprint density at radius 1 is 0.627 bits per heavy atom. The first kappa shape index (κ1) is 62.3. The predicted molar refractivity (Wildman–Crippen MR) is 308 cm³/mol. The number of unbranched alkanes of at least 4 members (excludes halogenated alkanes) is 2. The van der Waals surface area contributed by atoms with Crippen molar-refractivity contribution in [1.82, 2.24) is 0 Å². The molecule has 9 heteroatoms.